The molecule has 1 aliphatic rings. The van der Waals surface area contributed by atoms with Gasteiger partial charge in [0, 0.05) is 26.1 Å². The fraction of sp³-hybridized carbons (Fsp3) is 0.500. The third-order valence-electron chi connectivity index (χ3n) is 3.82. The smallest absolute Gasteiger partial charge is 0.329 e. The van der Waals surface area contributed by atoms with Crippen LogP contribution in [0.2, 0.25) is 0 Å². The molecule has 1 fully saturated rings. The lowest BCUT2D eigenvalue weighted by molar-refractivity contribution is -0.152. The molecule has 1 heterocycles. The summed E-state index contributed by atoms with van der Waals surface area (Å²) in [4.78, 5) is 23.5. The maximum absolute atomic E-state index is 12.0. The van der Waals surface area contributed by atoms with E-state index >= 15 is 0 Å². The van der Waals surface area contributed by atoms with Crippen molar-refractivity contribution in [2.24, 2.45) is 0 Å². The molecule has 1 saturated heterocycles. The number of hydrogen-bond donors (Lipinski definition) is 2. The van der Waals surface area contributed by atoms with Crippen LogP contribution in [0.1, 0.15) is 24.0 Å². The molecule has 0 atom stereocenters. The van der Waals surface area contributed by atoms with Crippen LogP contribution in [0.25, 0.3) is 0 Å². The molecule has 6 heteroatoms. The zero-order valence-electron chi connectivity index (χ0n) is 12.8. The third kappa shape index (κ3) is 3.76. The zero-order chi connectivity index (χ0) is 16.2. The molecular weight excluding hydrogens is 286 g/mol. The Balaban J connectivity index is 1.95. The first-order chi connectivity index (χ1) is 10.4. The molecule has 22 heavy (non-hydrogen) atoms. The topological polar surface area (TPSA) is 84.9 Å². The number of aryl methyl sites for hydroxylation is 2. The number of carboxylic acids is 1. The molecule has 0 unspecified atom stereocenters. The highest BCUT2D eigenvalue weighted by atomic mass is 16.5. The number of benzene rings is 1. The number of amides is 1. The van der Waals surface area contributed by atoms with Crippen molar-refractivity contribution in [2.75, 3.05) is 19.8 Å². The minimum atomic E-state index is -1.25. The largest absolute Gasteiger partial charge is 0.484 e. The molecule has 1 aliphatic heterocycles. The lowest BCUT2D eigenvalue weighted by atomic mass is 9.90. The van der Waals surface area contributed by atoms with E-state index < -0.39 is 17.4 Å². The molecule has 1 amide bonds. The summed E-state index contributed by atoms with van der Waals surface area (Å²) in [7, 11) is 0. The molecule has 0 radical (unpaired) electrons. The van der Waals surface area contributed by atoms with E-state index in [4.69, 9.17) is 9.47 Å². The molecule has 1 aromatic carbocycles. The highest BCUT2D eigenvalue weighted by Gasteiger charge is 2.41. The van der Waals surface area contributed by atoms with E-state index in [0.717, 1.165) is 11.1 Å². The molecule has 120 valence electrons. The lowest BCUT2D eigenvalue weighted by Crippen LogP contribution is -2.58. The van der Waals surface area contributed by atoms with Gasteiger partial charge in [-0.25, -0.2) is 4.79 Å². The van der Waals surface area contributed by atoms with Gasteiger partial charge in [-0.2, -0.15) is 0 Å². The molecule has 2 rings (SSSR count). The van der Waals surface area contributed by atoms with Gasteiger partial charge in [0.15, 0.2) is 6.61 Å². The first-order valence-corrected chi connectivity index (χ1v) is 7.25. The van der Waals surface area contributed by atoms with Crippen molar-refractivity contribution < 1.29 is 24.2 Å². The maximum Gasteiger partial charge on any atom is 0.329 e. The highest BCUT2D eigenvalue weighted by molar-refractivity contribution is 5.87. The lowest BCUT2D eigenvalue weighted by Gasteiger charge is -2.33. The summed E-state index contributed by atoms with van der Waals surface area (Å²) in [6, 6.07) is 5.67. The van der Waals surface area contributed by atoms with Gasteiger partial charge in [-0.3, -0.25) is 4.79 Å². The third-order valence-corrected chi connectivity index (χ3v) is 3.82. The minimum absolute atomic E-state index is 0.209. The van der Waals surface area contributed by atoms with Crippen molar-refractivity contribution in [2.45, 2.75) is 32.2 Å². The number of carbonyl (C=O) groups is 2. The summed E-state index contributed by atoms with van der Waals surface area (Å²) in [6.07, 6.45) is 0.523. The normalized spacial score (nSPS) is 16.8. The van der Waals surface area contributed by atoms with Crippen molar-refractivity contribution in [1.82, 2.24) is 5.32 Å². The van der Waals surface area contributed by atoms with Crippen LogP contribution >= 0.6 is 0 Å². The Labute approximate surface area is 129 Å². The van der Waals surface area contributed by atoms with Gasteiger partial charge in [0.25, 0.3) is 5.91 Å². The van der Waals surface area contributed by atoms with Crippen molar-refractivity contribution in [1.29, 1.82) is 0 Å². The number of rotatable bonds is 5. The van der Waals surface area contributed by atoms with Crippen molar-refractivity contribution in [3.63, 3.8) is 0 Å². The molecule has 0 aliphatic carbocycles. The maximum atomic E-state index is 12.0. The average Bonchev–Trinajstić information content (AvgIpc) is 2.47. The van der Waals surface area contributed by atoms with E-state index in [1.165, 1.54) is 0 Å². The van der Waals surface area contributed by atoms with Crippen molar-refractivity contribution in [3.05, 3.63) is 29.3 Å². The van der Waals surface area contributed by atoms with Gasteiger partial charge in [0.05, 0.1) is 0 Å². The van der Waals surface area contributed by atoms with Crippen molar-refractivity contribution >= 4 is 11.9 Å². The van der Waals surface area contributed by atoms with Gasteiger partial charge in [-0.15, -0.1) is 0 Å². The van der Waals surface area contributed by atoms with Gasteiger partial charge in [-0.1, -0.05) is 17.7 Å². The molecule has 0 aromatic heterocycles. The summed E-state index contributed by atoms with van der Waals surface area (Å²) in [5, 5.41) is 12.0. The summed E-state index contributed by atoms with van der Waals surface area (Å²) >= 11 is 0. The second-order valence-electron chi connectivity index (χ2n) is 5.61. The van der Waals surface area contributed by atoms with E-state index in [1.54, 1.807) is 6.07 Å². The van der Waals surface area contributed by atoms with E-state index in [1.807, 2.05) is 26.0 Å². The number of nitrogens with one attached hydrogen (secondary N) is 1. The Bertz CT molecular complexity index is 564. The SMILES string of the molecule is Cc1ccc(OCC(=O)NC2(C(=O)O)CCOCC2)c(C)c1. The molecule has 6 nitrogen and oxygen atoms in total. The molecule has 0 spiro atoms. The first-order valence-electron chi connectivity index (χ1n) is 7.25. The number of carboxylic acid groups (broad SMARTS) is 1. The van der Waals surface area contributed by atoms with Gasteiger partial charge >= 0.3 is 5.97 Å². The Kier molecular flexibility index (Phi) is 5.03. The average molecular weight is 307 g/mol. The van der Waals surface area contributed by atoms with Crippen LogP contribution in [0.15, 0.2) is 18.2 Å². The minimum Gasteiger partial charge on any atom is -0.484 e. The van der Waals surface area contributed by atoms with Crippen LogP contribution in [-0.4, -0.2) is 42.3 Å². The summed E-state index contributed by atoms with van der Waals surface area (Å²) in [6.45, 7) is 4.32. The van der Waals surface area contributed by atoms with E-state index in [-0.39, 0.29) is 19.4 Å². The quantitative estimate of drug-likeness (QED) is 0.859. The molecule has 1 aromatic rings. The summed E-state index contributed by atoms with van der Waals surface area (Å²) < 4.78 is 10.7. The van der Waals surface area contributed by atoms with E-state index in [0.29, 0.717) is 19.0 Å². The van der Waals surface area contributed by atoms with Crippen LogP contribution in [-0.2, 0) is 14.3 Å². The number of carbonyl (C=O) groups excluding carboxylic acids is 1. The number of hydrogen-bond acceptors (Lipinski definition) is 4. The standard InChI is InChI=1S/C16H21NO5/c1-11-3-4-13(12(2)9-11)22-10-14(18)17-16(15(19)20)5-7-21-8-6-16/h3-4,9H,5-8,10H2,1-2H3,(H,17,18)(H,19,20). The molecule has 0 saturated carbocycles. The molecule has 2 N–H and O–H groups in total. The Hall–Kier alpha value is -2.08. The first kappa shape index (κ1) is 16.3. The van der Waals surface area contributed by atoms with Gasteiger partial charge in [0.1, 0.15) is 11.3 Å². The summed E-state index contributed by atoms with van der Waals surface area (Å²) in [5.41, 5.74) is 0.800. The van der Waals surface area contributed by atoms with Crippen LogP contribution in [0, 0.1) is 13.8 Å². The molecular formula is C16H21NO5. The second kappa shape index (κ2) is 6.79. The van der Waals surface area contributed by atoms with Gasteiger partial charge < -0.3 is 19.9 Å². The Morgan fingerprint density at radius 1 is 1.32 bits per heavy atom. The highest BCUT2D eigenvalue weighted by Crippen LogP contribution is 2.22. The van der Waals surface area contributed by atoms with E-state index in [2.05, 4.69) is 5.32 Å². The fourth-order valence-electron chi connectivity index (χ4n) is 2.52. The Morgan fingerprint density at radius 3 is 2.59 bits per heavy atom. The number of ether oxygens (including phenoxy) is 2. The fourth-order valence-corrected chi connectivity index (χ4v) is 2.52. The monoisotopic (exact) mass is 307 g/mol. The predicted octanol–water partition coefficient (Wildman–Crippen LogP) is 1.43. The molecule has 0 bridgehead atoms. The van der Waals surface area contributed by atoms with Crippen LogP contribution in [0.5, 0.6) is 5.75 Å². The number of aliphatic carboxylic acids is 1. The summed E-state index contributed by atoms with van der Waals surface area (Å²) in [5.74, 6) is -0.850. The van der Waals surface area contributed by atoms with Gasteiger partial charge in [-0.05, 0) is 25.5 Å². The zero-order valence-corrected chi connectivity index (χ0v) is 12.8. The van der Waals surface area contributed by atoms with Crippen LogP contribution in [0.3, 0.4) is 0 Å². The van der Waals surface area contributed by atoms with Crippen molar-refractivity contribution in [3.8, 4) is 5.75 Å². The predicted molar refractivity (Wildman–Crippen MR) is 80.0 cm³/mol. The van der Waals surface area contributed by atoms with Crippen LogP contribution < -0.4 is 10.1 Å². The Morgan fingerprint density at radius 2 is 2.00 bits per heavy atom. The van der Waals surface area contributed by atoms with E-state index in [9.17, 15) is 14.7 Å². The van der Waals surface area contributed by atoms with Gasteiger partial charge in [0.2, 0.25) is 0 Å². The second-order valence-corrected chi connectivity index (χ2v) is 5.61. The van der Waals surface area contributed by atoms with Crippen LogP contribution in [0.4, 0.5) is 0 Å².